The number of alkyl halides is 1. The number of methoxy groups -OCH3 is 1. The highest BCUT2D eigenvalue weighted by atomic mass is 79.9. The van der Waals surface area contributed by atoms with Gasteiger partial charge in [-0.25, -0.2) is 0 Å². The molecular formula is C14H17BrClNO2. The van der Waals surface area contributed by atoms with Crippen molar-refractivity contribution in [3.05, 3.63) is 28.2 Å². The summed E-state index contributed by atoms with van der Waals surface area (Å²) in [7, 11) is 1.60. The van der Waals surface area contributed by atoms with Crippen LogP contribution in [0.1, 0.15) is 29.6 Å². The van der Waals surface area contributed by atoms with Gasteiger partial charge in [0.2, 0.25) is 0 Å². The number of rotatable bonds is 3. The fraction of sp³-hybridized carbons (Fsp3) is 0.500. The summed E-state index contributed by atoms with van der Waals surface area (Å²) in [6.07, 6.45) is 3.16. The van der Waals surface area contributed by atoms with Crippen LogP contribution in [0, 0.1) is 0 Å². The van der Waals surface area contributed by atoms with E-state index >= 15 is 0 Å². The Labute approximate surface area is 127 Å². The van der Waals surface area contributed by atoms with Gasteiger partial charge in [-0.05, 0) is 53.4 Å². The number of nitrogens with zero attached hydrogens (tertiary/aromatic N) is 1. The van der Waals surface area contributed by atoms with E-state index in [0.29, 0.717) is 17.2 Å². The molecule has 0 spiro atoms. The lowest BCUT2D eigenvalue weighted by Crippen LogP contribution is -2.44. The molecule has 1 atom stereocenters. The van der Waals surface area contributed by atoms with Crippen LogP contribution in [0.2, 0.25) is 0 Å². The number of likely N-dealkylation sites (tertiary alicyclic amines) is 1. The number of hydrogen-bond donors (Lipinski definition) is 0. The monoisotopic (exact) mass is 345 g/mol. The highest BCUT2D eigenvalue weighted by Crippen LogP contribution is 2.27. The van der Waals surface area contributed by atoms with E-state index in [4.69, 9.17) is 16.3 Å². The second-order valence-electron chi connectivity index (χ2n) is 4.65. The Balaban J connectivity index is 2.27. The molecule has 1 fully saturated rings. The van der Waals surface area contributed by atoms with Crippen molar-refractivity contribution in [1.29, 1.82) is 0 Å². The number of hydrogen-bond acceptors (Lipinski definition) is 2. The number of ether oxygens (including phenoxy) is 1. The van der Waals surface area contributed by atoms with Crippen LogP contribution < -0.4 is 4.74 Å². The molecule has 2 rings (SSSR count). The van der Waals surface area contributed by atoms with E-state index in [9.17, 15) is 4.79 Å². The summed E-state index contributed by atoms with van der Waals surface area (Å²) < 4.78 is 5.97. The van der Waals surface area contributed by atoms with Gasteiger partial charge in [0.25, 0.3) is 5.91 Å². The molecule has 0 radical (unpaired) electrons. The first-order valence-electron chi connectivity index (χ1n) is 6.38. The third-order valence-electron chi connectivity index (χ3n) is 3.47. The van der Waals surface area contributed by atoms with Crippen molar-refractivity contribution in [2.45, 2.75) is 25.3 Å². The summed E-state index contributed by atoms with van der Waals surface area (Å²) in [4.78, 5) is 14.5. The number of halogens is 2. The largest absolute Gasteiger partial charge is 0.497 e. The number of carbonyl (C=O) groups is 1. The summed E-state index contributed by atoms with van der Waals surface area (Å²) >= 11 is 9.41. The Hall–Kier alpha value is -0.740. The lowest BCUT2D eigenvalue weighted by Gasteiger charge is -2.34. The zero-order valence-electron chi connectivity index (χ0n) is 10.9. The third kappa shape index (κ3) is 3.23. The highest BCUT2D eigenvalue weighted by molar-refractivity contribution is 9.10. The minimum absolute atomic E-state index is 0.0242. The molecule has 0 aromatic heterocycles. The molecule has 1 amide bonds. The summed E-state index contributed by atoms with van der Waals surface area (Å²) in [5.74, 6) is 1.20. The average Bonchev–Trinajstić information content (AvgIpc) is 2.47. The highest BCUT2D eigenvalue weighted by Gasteiger charge is 2.28. The van der Waals surface area contributed by atoms with Gasteiger partial charge < -0.3 is 9.64 Å². The van der Waals surface area contributed by atoms with Crippen molar-refractivity contribution in [3.63, 3.8) is 0 Å². The minimum atomic E-state index is 0.0242. The first kappa shape index (κ1) is 14.7. The van der Waals surface area contributed by atoms with Gasteiger partial charge in [-0.15, -0.1) is 11.6 Å². The Bertz CT molecular complexity index is 467. The van der Waals surface area contributed by atoms with E-state index < -0.39 is 0 Å². The fourth-order valence-electron chi connectivity index (χ4n) is 2.38. The van der Waals surface area contributed by atoms with Crippen molar-refractivity contribution in [1.82, 2.24) is 4.90 Å². The topological polar surface area (TPSA) is 29.5 Å². The quantitative estimate of drug-likeness (QED) is 0.781. The van der Waals surface area contributed by atoms with Crippen molar-refractivity contribution < 1.29 is 9.53 Å². The Morgan fingerprint density at radius 1 is 1.53 bits per heavy atom. The molecule has 1 aromatic rings. The van der Waals surface area contributed by atoms with Crippen molar-refractivity contribution in [2.75, 3.05) is 19.5 Å². The second kappa shape index (κ2) is 6.62. The summed E-state index contributed by atoms with van der Waals surface area (Å²) in [5.41, 5.74) is 0.636. The van der Waals surface area contributed by atoms with Gasteiger partial charge in [-0.1, -0.05) is 0 Å². The maximum Gasteiger partial charge on any atom is 0.255 e. The van der Waals surface area contributed by atoms with E-state index in [-0.39, 0.29) is 11.9 Å². The van der Waals surface area contributed by atoms with Crippen LogP contribution in [0.25, 0.3) is 0 Å². The molecule has 0 bridgehead atoms. The molecule has 1 unspecified atom stereocenters. The summed E-state index contributed by atoms with van der Waals surface area (Å²) in [5, 5.41) is 0. The van der Waals surface area contributed by atoms with Crippen LogP contribution in [0.5, 0.6) is 5.75 Å². The van der Waals surface area contributed by atoms with Crippen molar-refractivity contribution in [3.8, 4) is 5.75 Å². The van der Waals surface area contributed by atoms with Crippen LogP contribution >= 0.6 is 27.5 Å². The first-order valence-corrected chi connectivity index (χ1v) is 7.70. The molecule has 104 valence electrons. The lowest BCUT2D eigenvalue weighted by molar-refractivity contribution is 0.0638. The van der Waals surface area contributed by atoms with Crippen molar-refractivity contribution in [2.24, 2.45) is 0 Å². The van der Waals surface area contributed by atoms with Gasteiger partial charge in [0, 0.05) is 22.9 Å². The van der Waals surface area contributed by atoms with Crippen LogP contribution in [-0.4, -0.2) is 36.4 Å². The van der Waals surface area contributed by atoms with Gasteiger partial charge in [0.15, 0.2) is 0 Å². The molecule has 5 heteroatoms. The summed E-state index contributed by atoms with van der Waals surface area (Å²) in [6.45, 7) is 0.778. The molecule has 19 heavy (non-hydrogen) atoms. The smallest absolute Gasteiger partial charge is 0.255 e. The maximum atomic E-state index is 12.6. The van der Waals surface area contributed by atoms with Gasteiger partial charge in [-0.3, -0.25) is 4.79 Å². The number of benzene rings is 1. The SMILES string of the molecule is COc1ccc(Br)c(C(=O)N2CCCCC2CCl)c1. The van der Waals surface area contributed by atoms with Gasteiger partial charge in [0.05, 0.1) is 12.7 Å². The minimum Gasteiger partial charge on any atom is -0.497 e. The van der Waals surface area contributed by atoms with Crippen molar-refractivity contribution >= 4 is 33.4 Å². The average molecular weight is 347 g/mol. The van der Waals surface area contributed by atoms with Crippen LogP contribution in [-0.2, 0) is 0 Å². The maximum absolute atomic E-state index is 12.6. The standard InChI is InChI=1S/C14H17BrClNO2/c1-19-11-5-6-13(15)12(8-11)14(18)17-7-3-2-4-10(17)9-16/h5-6,8,10H,2-4,7,9H2,1H3. The first-order chi connectivity index (χ1) is 9.17. The Kier molecular flexibility index (Phi) is 5.11. The van der Waals surface area contributed by atoms with E-state index in [1.807, 2.05) is 17.0 Å². The molecule has 1 saturated heterocycles. The summed E-state index contributed by atoms with van der Waals surface area (Å²) in [6, 6.07) is 5.58. The third-order valence-corrected chi connectivity index (χ3v) is 4.52. The zero-order chi connectivity index (χ0) is 13.8. The molecule has 0 aliphatic carbocycles. The van der Waals surface area contributed by atoms with E-state index in [2.05, 4.69) is 15.9 Å². The zero-order valence-corrected chi connectivity index (χ0v) is 13.2. The van der Waals surface area contributed by atoms with Gasteiger partial charge in [0.1, 0.15) is 5.75 Å². The molecule has 1 aliphatic heterocycles. The predicted octanol–water partition coefficient (Wildman–Crippen LogP) is 3.69. The molecular weight excluding hydrogens is 330 g/mol. The molecule has 0 N–H and O–H groups in total. The number of carbonyl (C=O) groups excluding carboxylic acids is 1. The fourth-order valence-corrected chi connectivity index (χ4v) is 3.12. The van der Waals surface area contributed by atoms with E-state index in [1.165, 1.54) is 0 Å². The lowest BCUT2D eigenvalue weighted by atomic mass is 10.0. The van der Waals surface area contributed by atoms with E-state index in [1.54, 1.807) is 13.2 Å². The Morgan fingerprint density at radius 3 is 3.00 bits per heavy atom. The molecule has 3 nitrogen and oxygen atoms in total. The second-order valence-corrected chi connectivity index (χ2v) is 5.81. The number of piperidine rings is 1. The normalized spacial score (nSPS) is 19.3. The van der Waals surface area contributed by atoms with Gasteiger partial charge >= 0.3 is 0 Å². The molecule has 1 heterocycles. The van der Waals surface area contributed by atoms with Gasteiger partial charge in [-0.2, -0.15) is 0 Å². The molecule has 0 saturated carbocycles. The Morgan fingerprint density at radius 2 is 2.32 bits per heavy atom. The van der Waals surface area contributed by atoms with Crippen LogP contribution in [0.15, 0.2) is 22.7 Å². The van der Waals surface area contributed by atoms with Crippen LogP contribution in [0.3, 0.4) is 0 Å². The molecule has 1 aliphatic rings. The van der Waals surface area contributed by atoms with E-state index in [0.717, 1.165) is 30.3 Å². The number of amides is 1. The van der Waals surface area contributed by atoms with Crippen LogP contribution in [0.4, 0.5) is 0 Å². The molecule has 1 aromatic carbocycles. The predicted molar refractivity (Wildman–Crippen MR) is 80.1 cm³/mol.